The Morgan fingerprint density at radius 1 is 1.38 bits per heavy atom. The molecule has 1 aromatic rings. The summed E-state index contributed by atoms with van der Waals surface area (Å²) in [4.78, 5) is 0. The molecule has 88 valence electrons. The topological polar surface area (TPSA) is 21.3 Å². The predicted molar refractivity (Wildman–Crippen MR) is 53.2 cm³/mol. The van der Waals surface area contributed by atoms with Gasteiger partial charge in [-0.3, -0.25) is 0 Å². The maximum absolute atomic E-state index is 12.0. The molecule has 5 heteroatoms. The third-order valence-corrected chi connectivity index (χ3v) is 2.78. The van der Waals surface area contributed by atoms with E-state index >= 15 is 0 Å². The van der Waals surface area contributed by atoms with Crippen LogP contribution in [0, 0.1) is 0 Å². The van der Waals surface area contributed by atoms with E-state index in [4.69, 9.17) is 0 Å². The summed E-state index contributed by atoms with van der Waals surface area (Å²) in [5.74, 6) is -0.145. The van der Waals surface area contributed by atoms with Crippen LogP contribution in [-0.2, 0) is 6.42 Å². The number of rotatable bonds is 2. The van der Waals surface area contributed by atoms with Crippen molar-refractivity contribution >= 4 is 0 Å². The molecule has 0 saturated heterocycles. The minimum atomic E-state index is -4.62. The number of halogens is 3. The molecular formula is C11H12F3NO. The van der Waals surface area contributed by atoms with Crippen molar-refractivity contribution in [3.05, 3.63) is 29.3 Å². The van der Waals surface area contributed by atoms with Gasteiger partial charge in [0.25, 0.3) is 0 Å². The smallest absolute Gasteiger partial charge is 0.406 e. The van der Waals surface area contributed by atoms with Crippen LogP contribution in [0.4, 0.5) is 13.2 Å². The van der Waals surface area contributed by atoms with Gasteiger partial charge in [-0.1, -0.05) is 6.07 Å². The van der Waals surface area contributed by atoms with Crippen molar-refractivity contribution < 1.29 is 17.9 Å². The first-order valence-corrected chi connectivity index (χ1v) is 5.05. The van der Waals surface area contributed by atoms with Crippen LogP contribution < -0.4 is 10.1 Å². The summed E-state index contributed by atoms with van der Waals surface area (Å²) in [5, 5.41) is 3.07. The molecular weight excluding hydrogens is 219 g/mol. The third-order valence-electron chi connectivity index (χ3n) is 2.78. The molecule has 0 spiro atoms. The second-order valence-corrected chi connectivity index (χ2v) is 3.79. The summed E-state index contributed by atoms with van der Waals surface area (Å²) in [6, 6.07) is 4.67. The maximum Gasteiger partial charge on any atom is 0.573 e. The van der Waals surface area contributed by atoms with E-state index < -0.39 is 6.36 Å². The molecule has 1 N–H and O–H groups in total. The molecule has 1 aromatic carbocycles. The zero-order chi connectivity index (χ0) is 11.8. The number of ether oxygens (including phenoxy) is 1. The standard InChI is InChI=1S/C11H12F3NO/c1-15-10-5-3-7-2-4-8(6-9(7)10)16-11(12,13)14/h2,4,6,10,15H,3,5H2,1H3. The Balaban J connectivity index is 2.25. The zero-order valence-corrected chi connectivity index (χ0v) is 8.77. The first-order valence-electron chi connectivity index (χ1n) is 5.05. The lowest BCUT2D eigenvalue weighted by Gasteiger charge is -2.13. The van der Waals surface area contributed by atoms with Crippen LogP contribution in [0.2, 0.25) is 0 Å². The summed E-state index contributed by atoms with van der Waals surface area (Å²) in [7, 11) is 1.80. The quantitative estimate of drug-likeness (QED) is 0.845. The lowest BCUT2D eigenvalue weighted by atomic mass is 10.1. The van der Waals surface area contributed by atoms with Crippen LogP contribution in [0.25, 0.3) is 0 Å². The van der Waals surface area contributed by atoms with Crippen LogP contribution in [0.5, 0.6) is 5.75 Å². The molecule has 0 fully saturated rings. The van der Waals surface area contributed by atoms with E-state index in [1.807, 2.05) is 0 Å². The average Bonchev–Trinajstić information content (AvgIpc) is 2.57. The first kappa shape index (κ1) is 11.3. The fourth-order valence-electron chi connectivity index (χ4n) is 2.08. The minimum absolute atomic E-state index is 0.131. The highest BCUT2D eigenvalue weighted by molar-refractivity contribution is 5.40. The zero-order valence-electron chi connectivity index (χ0n) is 8.77. The molecule has 1 aliphatic carbocycles. The molecule has 1 atom stereocenters. The lowest BCUT2D eigenvalue weighted by molar-refractivity contribution is -0.274. The number of hydrogen-bond acceptors (Lipinski definition) is 2. The van der Waals surface area contributed by atoms with Gasteiger partial charge in [0.15, 0.2) is 0 Å². The lowest BCUT2D eigenvalue weighted by Crippen LogP contribution is -2.18. The number of alkyl halides is 3. The largest absolute Gasteiger partial charge is 0.573 e. The second-order valence-electron chi connectivity index (χ2n) is 3.79. The van der Waals surface area contributed by atoms with Gasteiger partial charge in [-0.2, -0.15) is 0 Å². The average molecular weight is 231 g/mol. The summed E-state index contributed by atoms with van der Waals surface area (Å²) >= 11 is 0. The van der Waals surface area contributed by atoms with E-state index in [-0.39, 0.29) is 11.8 Å². The number of hydrogen-bond donors (Lipinski definition) is 1. The molecule has 0 saturated carbocycles. The Morgan fingerprint density at radius 3 is 2.75 bits per heavy atom. The summed E-state index contributed by atoms with van der Waals surface area (Å²) in [6.07, 6.45) is -2.81. The molecule has 0 heterocycles. The number of benzene rings is 1. The van der Waals surface area contributed by atoms with Crippen molar-refractivity contribution in [3.8, 4) is 5.75 Å². The van der Waals surface area contributed by atoms with Crippen molar-refractivity contribution in [1.29, 1.82) is 0 Å². The molecule has 0 bridgehead atoms. The summed E-state index contributed by atoms with van der Waals surface area (Å²) in [6.45, 7) is 0. The van der Waals surface area contributed by atoms with Gasteiger partial charge in [0.1, 0.15) is 5.75 Å². The van der Waals surface area contributed by atoms with Crippen molar-refractivity contribution in [2.75, 3.05) is 7.05 Å². The predicted octanol–water partition coefficient (Wildman–Crippen LogP) is 2.79. The fourth-order valence-corrected chi connectivity index (χ4v) is 2.08. The number of aryl methyl sites for hydroxylation is 1. The van der Waals surface area contributed by atoms with Crippen molar-refractivity contribution in [3.63, 3.8) is 0 Å². The van der Waals surface area contributed by atoms with Crippen molar-refractivity contribution in [2.24, 2.45) is 0 Å². The van der Waals surface area contributed by atoms with Gasteiger partial charge in [0.2, 0.25) is 0 Å². The molecule has 0 amide bonds. The van der Waals surface area contributed by atoms with E-state index in [1.165, 1.54) is 12.1 Å². The van der Waals surface area contributed by atoms with Crippen molar-refractivity contribution in [1.82, 2.24) is 5.32 Å². The molecule has 1 aliphatic rings. The molecule has 2 rings (SSSR count). The van der Waals surface area contributed by atoms with Crippen LogP contribution >= 0.6 is 0 Å². The monoisotopic (exact) mass is 231 g/mol. The van der Waals surface area contributed by atoms with Gasteiger partial charge < -0.3 is 10.1 Å². The third kappa shape index (κ3) is 2.29. The molecule has 0 radical (unpaired) electrons. The molecule has 2 nitrogen and oxygen atoms in total. The van der Waals surface area contributed by atoms with E-state index in [1.54, 1.807) is 13.1 Å². The van der Waals surface area contributed by atoms with Gasteiger partial charge in [-0.25, -0.2) is 0 Å². The highest BCUT2D eigenvalue weighted by Gasteiger charge is 2.32. The van der Waals surface area contributed by atoms with E-state index in [0.29, 0.717) is 0 Å². The first-order chi connectivity index (χ1) is 7.49. The molecule has 1 unspecified atom stereocenters. The Kier molecular flexibility index (Phi) is 2.80. The highest BCUT2D eigenvalue weighted by atomic mass is 19.4. The van der Waals surface area contributed by atoms with Gasteiger partial charge in [-0.05, 0) is 43.1 Å². The number of fused-ring (bicyclic) bond motifs is 1. The maximum atomic E-state index is 12.0. The van der Waals surface area contributed by atoms with Crippen LogP contribution in [0.15, 0.2) is 18.2 Å². The SMILES string of the molecule is CNC1CCc2ccc(OC(F)(F)F)cc21. The Morgan fingerprint density at radius 2 is 2.12 bits per heavy atom. The van der Waals surface area contributed by atoms with Crippen LogP contribution in [0.3, 0.4) is 0 Å². The number of nitrogens with one attached hydrogen (secondary N) is 1. The molecule has 0 aromatic heterocycles. The second kappa shape index (κ2) is 3.97. The van der Waals surface area contributed by atoms with Gasteiger partial charge in [-0.15, -0.1) is 13.2 Å². The van der Waals surface area contributed by atoms with E-state index in [0.717, 1.165) is 24.0 Å². The summed E-state index contributed by atoms with van der Waals surface area (Å²) < 4.78 is 40.0. The van der Waals surface area contributed by atoms with Gasteiger partial charge in [0, 0.05) is 6.04 Å². The minimum Gasteiger partial charge on any atom is -0.406 e. The Labute approximate surface area is 91.4 Å². The van der Waals surface area contributed by atoms with Gasteiger partial charge >= 0.3 is 6.36 Å². The highest BCUT2D eigenvalue weighted by Crippen LogP contribution is 2.34. The fraction of sp³-hybridized carbons (Fsp3) is 0.455. The van der Waals surface area contributed by atoms with Crippen LogP contribution in [0.1, 0.15) is 23.6 Å². The van der Waals surface area contributed by atoms with E-state index in [2.05, 4.69) is 10.1 Å². The Bertz CT molecular complexity index is 389. The van der Waals surface area contributed by atoms with E-state index in [9.17, 15) is 13.2 Å². The normalized spacial score (nSPS) is 19.6. The molecule has 16 heavy (non-hydrogen) atoms. The van der Waals surface area contributed by atoms with Crippen LogP contribution in [-0.4, -0.2) is 13.4 Å². The molecule has 0 aliphatic heterocycles. The van der Waals surface area contributed by atoms with Crippen molar-refractivity contribution in [2.45, 2.75) is 25.2 Å². The Hall–Kier alpha value is -1.23. The van der Waals surface area contributed by atoms with Gasteiger partial charge in [0.05, 0.1) is 0 Å². The summed E-state index contributed by atoms with van der Waals surface area (Å²) in [5.41, 5.74) is 2.00.